The number of piperazine rings is 1. The van der Waals surface area contributed by atoms with Gasteiger partial charge < -0.3 is 19.7 Å². The topological polar surface area (TPSA) is 83.6 Å². The lowest BCUT2D eigenvalue weighted by Gasteiger charge is -2.35. The summed E-state index contributed by atoms with van der Waals surface area (Å²) >= 11 is 0. The molecule has 1 fully saturated rings. The highest BCUT2D eigenvalue weighted by Crippen LogP contribution is 2.17. The maximum atomic E-state index is 12.8. The number of hydrogen-bond acceptors (Lipinski definition) is 4. The van der Waals surface area contributed by atoms with Gasteiger partial charge in [-0.3, -0.25) is 9.48 Å². The number of aromatic nitrogens is 4. The van der Waals surface area contributed by atoms with Crippen molar-refractivity contribution in [1.29, 1.82) is 0 Å². The van der Waals surface area contributed by atoms with Crippen LogP contribution >= 0.6 is 0 Å². The average molecular weight is 406 g/mol. The quantitative estimate of drug-likeness (QED) is 0.512. The van der Waals surface area contributed by atoms with Gasteiger partial charge in [0.1, 0.15) is 6.54 Å². The van der Waals surface area contributed by atoms with Crippen LogP contribution in [-0.4, -0.2) is 62.3 Å². The maximum Gasteiger partial charge on any atom is 0.246 e. The van der Waals surface area contributed by atoms with Gasteiger partial charge in [0.15, 0.2) is 5.96 Å². The van der Waals surface area contributed by atoms with Crippen LogP contribution < -0.4 is 10.2 Å². The number of carbonyl (C=O) groups is 1. The average Bonchev–Trinajstić information content (AvgIpc) is 3.43. The molecular formula is C21H26N8O. The van der Waals surface area contributed by atoms with Gasteiger partial charge in [0, 0.05) is 45.3 Å². The van der Waals surface area contributed by atoms with Crippen molar-refractivity contribution in [2.45, 2.75) is 13.5 Å². The number of amides is 1. The molecular weight excluding hydrogens is 380 g/mol. The molecule has 0 atom stereocenters. The van der Waals surface area contributed by atoms with Crippen LogP contribution in [0.25, 0.3) is 5.69 Å². The molecule has 1 aromatic carbocycles. The van der Waals surface area contributed by atoms with Gasteiger partial charge in [0.05, 0.1) is 30.4 Å². The van der Waals surface area contributed by atoms with Crippen LogP contribution in [0.3, 0.4) is 0 Å². The van der Waals surface area contributed by atoms with Crippen molar-refractivity contribution < 1.29 is 4.79 Å². The molecule has 3 heterocycles. The van der Waals surface area contributed by atoms with E-state index in [2.05, 4.69) is 27.5 Å². The number of rotatable bonds is 5. The second-order valence-corrected chi connectivity index (χ2v) is 7.11. The van der Waals surface area contributed by atoms with Crippen LogP contribution in [0, 0.1) is 0 Å². The lowest BCUT2D eigenvalue weighted by atomic mass is 10.2. The van der Waals surface area contributed by atoms with E-state index in [9.17, 15) is 4.79 Å². The monoisotopic (exact) mass is 406 g/mol. The van der Waals surface area contributed by atoms with Crippen LogP contribution in [0.4, 0.5) is 5.69 Å². The van der Waals surface area contributed by atoms with Crippen LogP contribution in [-0.2, 0) is 18.4 Å². The molecule has 9 nitrogen and oxygen atoms in total. The van der Waals surface area contributed by atoms with Gasteiger partial charge in [-0.25, -0.2) is 9.98 Å². The number of nitrogens with zero attached hydrogens (tertiary/aromatic N) is 7. The highest BCUT2D eigenvalue weighted by Gasteiger charge is 2.27. The van der Waals surface area contributed by atoms with Gasteiger partial charge in [0.25, 0.3) is 0 Å². The number of nitrogens with one attached hydrogen (secondary N) is 1. The summed E-state index contributed by atoms with van der Waals surface area (Å²) in [5.41, 5.74) is 2.97. The van der Waals surface area contributed by atoms with Crippen molar-refractivity contribution in [2.24, 2.45) is 12.0 Å². The van der Waals surface area contributed by atoms with Crippen molar-refractivity contribution in [1.82, 2.24) is 29.5 Å². The molecule has 1 amide bonds. The molecule has 0 unspecified atom stereocenters. The summed E-state index contributed by atoms with van der Waals surface area (Å²) in [5.74, 6) is 0.788. The molecule has 2 aromatic heterocycles. The molecule has 4 rings (SSSR count). The molecule has 156 valence electrons. The number of hydrogen-bond donors (Lipinski definition) is 1. The lowest BCUT2D eigenvalue weighted by molar-refractivity contribution is -0.120. The number of aliphatic imine (C=N–C) groups is 1. The number of benzene rings is 1. The fourth-order valence-corrected chi connectivity index (χ4v) is 3.56. The van der Waals surface area contributed by atoms with E-state index in [1.165, 1.54) is 0 Å². The number of para-hydroxylation sites is 1. The van der Waals surface area contributed by atoms with Gasteiger partial charge in [0.2, 0.25) is 5.91 Å². The summed E-state index contributed by atoms with van der Waals surface area (Å²) in [6, 6.07) is 8.13. The minimum atomic E-state index is 0.0404. The normalized spacial score (nSPS) is 15.0. The molecule has 1 saturated heterocycles. The third kappa shape index (κ3) is 4.19. The summed E-state index contributed by atoms with van der Waals surface area (Å²) in [6.45, 7) is 4.86. The zero-order valence-electron chi connectivity index (χ0n) is 17.3. The Labute approximate surface area is 175 Å². The summed E-state index contributed by atoms with van der Waals surface area (Å²) in [5, 5.41) is 7.49. The fourth-order valence-electron chi connectivity index (χ4n) is 3.56. The van der Waals surface area contributed by atoms with Gasteiger partial charge >= 0.3 is 0 Å². The van der Waals surface area contributed by atoms with Crippen LogP contribution in [0.1, 0.15) is 12.5 Å². The van der Waals surface area contributed by atoms with E-state index in [-0.39, 0.29) is 12.5 Å². The molecule has 0 radical (unpaired) electrons. The van der Waals surface area contributed by atoms with Gasteiger partial charge in [-0.05, 0) is 18.6 Å². The molecule has 3 aromatic rings. The minimum absolute atomic E-state index is 0.0404. The number of imidazole rings is 1. The molecule has 1 N–H and O–H groups in total. The van der Waals surface area contributed by atoms with E-state index in [0.29, 0.717) is 19.6 Å². The predicted molar refractivity (Wildman–Crippen MR) is 116 cm³/mol. The molecule has 0 saturated carbocycles. The zero-order chi connectivity index (χ0) is 20.9. The lowest BCUT2D eigenvalue weighted by Crippen LogP contribution is -2.55. The van der Waals surface area contributed by atoms with Crippen LogP contribution in [0.5, 0.6) is 0 Å². The first-order valence-corrected chi connectivity index (χ1v) is 10.0. The fraction of sp³-hybridized carbons (Fsp3) is 0.333. The van der Waals surface area contributed by atoms with E-state index >= 15 is 0 Å². The zero-order valence-corrected chi connectivity index (χ0v) is 17.3. The van der Waals surface area contributed by atoms with E-state index in [1.807, 2.05) is 48.0 Å². The van der Waals surface area contributed by atoms with Crippen LogP contribution in [0.2, 0.25) is 0 Å². The second kappa shape index (κ2) is 8.81. The SMILES string of the molecule is CCNC(=NCc1ccccc1-n1ccnc1)N1CCN(c2cnn(C)c2)C(=O)C1. The number of aryl methyl sites for hydroxylation is 1. The van der Waals surface area contributed by atoms with Crippen molar-refractivity contribution in [2.75, 3.05) is 31.1 Å². The maximum absolute atomic E-state index is 12.8. The van der Waals surface area contributed by atoms with Gasteiger partial charge in [-0.2, -0.15) is 5.10 Å². The summed E-state index contributed by atoms with van der Waals surface area (Å²) < 4.78 is 3.69. The molecule has 9 heteroatoms. The first kappa shape index (κ1) is 19.7. The first-order valence-electron chi connectivity index (χ1n) is 10.0. The Morgan fingerprint density at radius 1 is 1.27 bits per heavy atom. The Balaban J connectivity index is 1.50. The highest BCUT2D eigenvalue weighted by molar-refractivity contribution is 5.98. The highest BCUT2D eigenvalue weighted by atomic mass is 16.2. The molecule has 1 aliphatic rings. The first-order chi connectivity index (χ1) is 14.7. The van der Waals surface area contributed by atoms with E-state index in [4.69, 9.17) is 4.99 Å². The third-order valence-electron chi connectivity index (χ3n) is 5.03. The minimum Gasteiger partial charge on any atom is -0.356 e. The predicted octanol–water partition coefficient (Wildman–Crippen LogP) is 1.42. The smallest absolute Gasteiger partial charge is 0.246 e. The molecule has 1 aliphatic heterocycles. The molecule has 0 spiro atoms. The second-order valence-electron chi connectivity index (χ2n) is 7.11. The standard InChI is InChI=1S/C21H26N8O/c1-3-23-21(24-12-17-6-4-5-7-19(17)28-9-8-22-16-28)27-10-11-29(20(30)15-27)18-13-25-26(2)14-18/h4-9,13-14,16H,3,10-12,15H2,1-2H3,(H,23,24). The summed E-state index contributed by atoms with van der Waals surface area (Å²) in [7, 11) is 1.85. The summed E-state index contributed by atoms with van der Waals surface area (Å²) in [4.78, 5) is 25.5. The molecule has 0 bridgehead atoms. The molecule has 0 aliphatic carbocycles. The van der Waals surface area contributed by atoms with Crippen molar-refractivity contribution in [3.8, 4) is 5.69 Å². The van der Waals surface area contributed by atoms with Crippen LogP contribution in [0.15, 0.2) is 60.4 Å². The van der Waals surface area contributed by atoms with E-state index < -0.39 is 0 Å². The number of anilines is 1. The van der Waals surface area contributed by atoms with E-state index in [1.54, 1.807) is 28.3 Å². The van der Waals surface area contributed by atoms with Crippen molar-refractivity contribution in [3.63, 3.8) is 0 Å². The summed E-state index contributed by atoms with van der Waals surface area (Å²) in [6.07, 6.45) is 9.05. The Morgan fingerprint density at radius 2 is 2.13 bits per heavy atom. The van der Waals surface area contributed by atoms with E-state index in [0.717, 1.165) is 29.4 Å². The Bertz CT molecular complexity index is 1020. The Kier molecular flexibility index (Phi) is 5.78. The Hall–Kier alpha value is -3.62. The third-order valence-corrected chi connectivity index (χ3v) is 5.03. The molecule has 30 heavy (non-hydrogen) atoms. The number of guanidine groups is 1. The number of carbonyl (C=O) groups excluding carboxylic acids is 1. The van der Waals surface area contributed by atoms with Crippen molar-refractivity contribution >= 4 is 17.6 Å². The Morgan fingerprint density at radius 3 is 2.83 bits per heavy atom. The van der Waals surface area contributed by atoms with Crippen molar-refractivity contribution in [3.05, 3.63) is 60.9 Å². The van der Waals surface area contributed by atoms with Gasteiger partial charge in [-0.1, -0.05) is 18.2 Å². The largest absolute Gasteiger partial charge is 0.356 e. The van der Waals surface area contributed by atoms with Gasteiger partial charge in [-0.15, -0.1) is 0 Å².